The largest absolute Gasteiger partial charge is 0.497 e. The number of anilines is 3. The Hall–Kier alpha value is -4.66. The van der Waals surface area contributed by atoms with Crippen LogP contribution in [-0.2, 0) is 13.1 Å². The van der Waals surface area contributed by atoms with Gasteiger partial charge in [-0.05, 0) is 26.1 Å². The minimum Gasteiger partial charge on any atom is -0.497 e. The second-order valence-corrected chi connectivity index (χ2v) is 9.04. The molecule has 4 aromatic rings. The number of benzene rings is 1. The van der Waals surface area contributed by atoms with Gasteiger partial charge < -0.3 is 30.2 Å². The van der Waals surface area contributed by atoms with E-state index in [2.05, 4.69) is 36.0 Å². The highest BCUT2D eigenvalue weighted by molar-refractivity contribution is 5.71. The monoisotopic (exact) mass is 590 g/mol. The molecule has 4 rings (SSSR count). The van der Waals surface area contributed by atoms with E-state index in [0.29, 0.717) is 23.6 Å². The summed E-state index contributed by atoms with van der Waals surface area (Å²) in [6, 6.07) is 7.94. The summed E-state index contributed by atoms with van der Waals surface area (Å²) >= 11 is 0. The molecule has 0 aliphatic carbocycles. The first kappa shape index (κ1) is 30.3. The molecule has 224 valence electrons. The summed E-state index contributed by atoms with van der Waals surface area (Å²) in [7, 11) is 4.85. The van der Waals surface area contributed by atoms with E-state index in [-0.39, 0.29) is 41.4 Å². The minimum atomic E-state index is -3.12. The van der Waals surface area contributed by atoms with Crippen LogP contribution in [0.1, 0.15) is 24.7 Å². The van der Waals surface area contributed by atoms with Gasteiger partial charge in [0.05, 0.1) is 27.0 Å². The number of pyridine rings is 1. The molecule has 0 saturated heterocycles. The van der Waals surface area contributed by atoms with Crippen molar-refractivity contribution in [1.29, 1.82) is 0 Å². The summed E-state index contributed by atoms with van der Waals surface area (Å²) in [5.41, 5.74) is 1.51. The van der Waals surface area contributed by atoms with Gasteiger partial charge in [-0.25, -0.2) is 23.7 Å². The lowest BCUT2D eigenvalue weighted by atomic mass is 10.1. The Labute approximate surface area is 239 Å². The van der Waals surface area contributed by atoms with Gasteiger partial charge in [0, 0.05) is 59.9 Å². The number of rotatable bonds is 14. The fourth-order valence-corrected chi connectivity index (χ4v) is 3.92. The number of alkyl halides is 4. The molecule has 11 nitrogen and oxygen atoms in total. The Morgan fingerprint density at radius 2 is 1.71 bits per heavy atom. The van der Waals surface area contributed by atoms with Gasteiger partial charge in [-0.1, -0.05) is 0 Å². The molecule has 3 heterocycles. The van der Waals surface area contributed by atoms with Crippen molar-refractivity contribution in [3.8, 4) is 28.4 Å². The van der Waals surface area contributed by atoms with Crippen LogP contribution >= 0.6 is 0 Å². The number of nitrogens with one attached hydrogen (secondary N) is 3. The van der Waals surface area contributed by atoms with Crippen LogP contribution in [0.2, 0.25) is 0 Å². The van der Waals surface area contributed by atoms with Crippen molar-refractivity contribution in [2.75, 3.05) is 31.9 Å². The Bertz CT molecular complexity index is 1490. The smallest absolute Gasteiger partial charge is 0.387 e. The molecule has 15 heteroatoms. The van der Waals surface area contributed by atoms with E-state index >= 15 is 0 Å². The normalized spacial score (nSPS) is 12.0. The van der Waals surface area contributed by atoms with E-state index in [4.69, 9.17) is 14.2 Å². The summed E-state index contributed by atoms with van der Waals surface area (Å²) in [5.74, 6) is 0.277. The zero-order valence-electron chi connectivity index (χ0n) is 23.2. The van der Waals surface area contributed by atoms with Gasteiger partial charge in [0.25, 0.3) is 6.43 Å². The van der Waals surface area contributed by atoms with Gasteiger partial charge in [0.2, 0.25) is 0 Å². The van der Waals surface area contributed by atoms with Crippen LogP contribution in [0.3, 0.4) is 0 Å². The van der Waals surface area contributed by atoms with Gasteiger partial charge in [-0.2, -0.15) is 13.9 Å². The molecule has 0 aliphatic rings. The molecular weight excluding hydrogens is 560 g/mol. The third kappa shape index (κ3) is 7.75. The summed E-state index contributed by atoms with van der Waals surface area (Å²) in [4.78, 5) is 12.0. The second-order valence-electron chi connectivity index (χ2n) is 9.04. The summed E-state index contributed by atoms with van der Waals surface area (Å²) < 4.78 is 70.9. The zero-order chi connectivity index (χ0) is 30.2. The lowest BCUT2D eigenvalue weighted by molar-refractivity contribution is -0.0494. The van der Waals surface area contributed by atoms with Gasteiger partial charge in [0.15, 0.2) is 5.82 Å². The highest BCUT2D eigenvalue weighted by Crippen LogP contribution is 2.33. The van der Waals surface area contributed by atoms with E-state index < -0.39 is 18.9 Å². The number of nitrogens with zero attached hydrogens (tertiary/aromatic N) is 5. The van der Waals surface area contributed by atoms with Crippen LogP contribution in [0.25, 0.3) is 11.1 Å². The van der Waals surface area contributed by atoms with E-state index in [1.807, 2.05) is 14.0 Å². The fourth-order valence-electron chi connectivity index (χ4n) is 3.92. The van der Waals surface area contributed by atoms with Crippen molar-refractivity contribution in [2.24, 2.45) is 0 Å². The van der Waals surface area contributed by atoms with E-state index in [1.54, 1.807) is 29.1 Å². The van der Waals surface area contributed by atoms with Gasteiger partial charge in [-0.15, -0.1) is 0 Å². The molecule has 0 bridgehead atoms. The van der Waals surface area contributed by atoms with E-state index in [1.165, 1.54) is 38.7 Å². The van der Waals surface area contributed by atoms with Gasteiger partial charge in [-0.3, -0.25) is 4.68 Å². The first-order valence-electron chi connectivity index (χ1n) is 12.7. The number of ether oxygens (including phenoxy) is 3. The number of methoxy groups -OCH3 is 2. The highest BCUT2D eigenvalue weighted by Gasteiger charge is 2.18. The maximum absolute atomic E-state index is 13.6. The molecule has 3 aromatic heterocycles. The molecule has 0 aliphatic heterocycles. The van der Waals surface area contributed by atoms with E-state index in [9.17, 15) is 17.6 Å². The van der Waals surface area contributed by atoms with Crippen LogP contribution < -0.4 is 30.2 Å². The van der Waals surface area contributed by atoms with Crippen molar-refractivity contribution in [2.45, 2.75) is 39.1 Å². The molecule has 3 N–H and O–H groups in total. The lowest BCUT2D eigenvalue weighted by Gasteiger charge is -2.14. The maximum Gasteiger partial charge on any atom is 0.387 e. The summed E-state index contributed by atoms with van der Waals surface area (Å²) in [6.45, 7) is -0.408. The minimum absolute atomic E-state index is 0.0345. The Kier molecular flexibility index (Phi) is 9.96. The molecule has 0 radical (unpaired) electrons. The molecule has 0 saturated carbocycles. The predicted octanol–water partition coefficient (Wildman–Crippen LogP) is 5.25. The van der Waals surface area contributed by atoms with Crippen molar-refractivity contribution < 1.29 is 31.8 Å². The molecule has 0 fully saturated rings. The number of aromatic nitrogens is 5. The van der Waals surface area contributed by atoms with Crippen molar-refractivity contribution >= 4 is 17.5 Å². The first-order valence-corrected chi connectivity index (χ1v) is 12.7. The Balaban J connectivity index is 1.58. The summed E-state index contributed by atoms with van der Waals surface area (Å²) in [5, 5.41) is 13.1. The molecule has 1 atom stereocenters. The molecule has 0 amide bonds. The second kappa shape index (κ2) is 13.8. The average molecular weight is 591 g/mol. The van der Waals surface area contributed by atoms with Gasteiger partial charge >= 0.3 is 6.61 Å². The number of likely N-dealkylation sites (N-methyl/N-ethyl adjacent to an activating group) is 1. The van der Waals surface area contributed by atoms with Crippen molar-refractivity contribution in [3.05, 3.63) is 60.3 Å². The van der Waals surface area contributed by atoms with E-state index in [0.717, 1.165) is 5.56 Å². The van der Waals surface area contributed by atoms with Gasteiger partial charge in [0.1, 0.15) is 34.7 Å². The topological polar surface area (TPSA) is 120 Å². The van der Waals surface area contributed by atoms with Crippen molar-refractivity contribution in [1.82, 2.24) is 30.0 Å². The average Bonchev–Trinajstić information content (AvgIpc) is 3.43. The standard InChI is InChI=1S/C27H30F4N8O3/c1-15(32-2)13-39-14-17(11-35-39)19-12-34-22(8-21(19)42-27(30)31)36-24-9-23(37-26(38-24)25(28)29)33-10-16-5-6-18(40-3)7-20(16)41-4/h5-9,11-12,14-15,25,27,32H,10,13H2,1-4H3,(H2,33,34,36,37,38). The zero-order valence-corrected chi connectivity index (χ0v) is 23.2. The van der Waals surface area contributed by atoms with Crippen LogP contribution in [0, 0.1) is 0 Å². The number of halogens is 4. The number of hydrogen-bond acceptors (Lipinski definition) is 10. The Morgan fingerprint density at radius 3 is 2.40 bits per heavy atom. The molecule has 1 unspecified atom stereocenters. The maximum atomic E-state index is 13.6. The van der Waals surface area contributed by atoms with Crippen LogP contribution in [0.15, 0.2) is 48.9 Å². The third-order valence-electron chi connectivity index (χ3n) is 6.13. The fraction of sp³-hybridized carbons (Fsp3) is 0.333. The van der Waals surface area contributed by atoms with Crippen LogP contribution in [0.5, 0.6) is 17.2 Å². The molecular formula is C27H30F4N8O3. The third-order valence-corrected chi connectivity index (χ3v) is 6.13. The van der Waals surface area contributed by atoms with Crippen LogP contribution in [0.4, 0.5) is 35.0 Å². The predicted molar refractivity (Wildman–Crippen MR) is 148 cm³/mol. The number of hydrogen-bond donors (Lipinski definition) is 3. The SMILES string of the molecule is CNC(C)Cn1cc(-c2cnc(Nc3cc(NCc4ccc(OC)cc4OC)nc(C(F)F)n3)cc2OC(F)F)cn1. The van der Waals surface area contributed by atoms with Crippen molar-refractivity contribution in [3.63, 3.8) is 0 Å². The quantitative estimate of drug-likeness (QED) is 0.168. The summed E-state index contributed by atoms with van der Waals surface area (Å²) in [6.07, 6.45) is 1.55. The molecule has 42 heavy (non-hydrogen) atoms. The highest BCUT2D eigenvalue weighted by atomic mass is 19.3. The molecule has 1 aromatic carbocycles. The Morgan fingerprint density at radius 1 is 0.929 bits per heavy atom. The first-order chi connectivity index (χ1) is 20.2. The lowest BCUT2D eigenvalue weighted by Crippen LogP contribution is -2.26. The molecule has 0 spiro atoms. The van der Waals surface area contributed by atoms with Crippen LogP contribution in [-0.4, -0.2) is 58.7 Å².